The second-order valence-electron chi connectivity index (χ2n) is 6.70. The molecule has 2 N–H and O–H groups in total. The highest BCUT2D eigenvalue weighted by Crippen LogP contribution is 2.30. The number of hydrogen-bond acceptors (Lipinski definition) is 3. The molecular formula is C20H19F3N2O3. The van der Waals surface area contributed by atoms with Crippen LogP contribution in [0, 0.1) is 12.8 Å². The molecule has 28 heavy (non-hydrogen) atoms. The van der Waals surface area contributed by atoms with Gasteiger partial charge in [0, 0.05) is 17.2 Å². The molecule has 1 aliphatic carbocycles. The normalized spacial score (nSPS) is 13.7. The lowest BCUT2D eigenvalue weighted by Crippen LogP contribution is -2.20. The van der Waals surface area contributed by atoms with Gasteiger partial charge in [0.25, 0.3) is 5.91 Å². The fourth-order valence-corrected chi connectivity index (χ4v) is 2.50. The maximum absolute atomic E-state index is 12.4. The summed E-state index contributed by atoms with van der Waals surface area (Å²) in [6, 6.07) is 10.8. The highest BCUT2D eigenvalue weighted by atomic mass is 19.4. The monoisotopic (exact) mass is 392 g/mol. The number of alkyl halides is 3. The third kappa shape index (κ3) is 5.48. The molecule has 0 aliphatic heterocycles. The van der Waals surface area contributed by atoms with Crippen LogP contribution in [0.1, 0.15) is 28.8 Å². The predicted molar refractivity (Wildman–Crippen MR) is 98.5 cm³/mol. The Morgan fingerprint density at radius 1 is 1.07 bits per heavy atom. The average Bonchev–Trinajstić information content (AvgIpc) is 3.47. The van der Waals surface area contributed by atoms with Gasteiger partial charge in [-0.15, -0.1) is 0 Å². The highest BCUT2D eigenvalue weighted by molar-refractivity contribution is 6.05. The van der Waals surface area contributed by atoms with E-state index in [4.69, 9.17) is 4.74 Å². The number of anilines is 2. The Morgan fingerprint density at radius 3 is 2.36 bits per heavy atom. The Balaban J connectivity index is 1.67. The van der Waals surface area contributed by atoms with Gasteiger partial charge >= 0.3 is 6.18 Å². The van der Waals surface area contributed by atoms with E-state index in [1.165, 1.54) is 24.3 Å². The lowest BCUT2D eigenvalue weighted by atomic mass is 10.1. The number of carbonyl (C=O) groups excluding carboxylic acids is 2. The lowest BCUT2D eigenvalue weighted by Gasteiger charge is -2.15. The van der Waals surface area contributed by atoms with Gasteiger partial charge in [-0.05, 0) is 61.7 Å². The standard InChI is InChI=1S/C20H19F3N2O3/c1-12-2-9-16(17(10-12)28-11-20(21,22)23)25-19(27)14-5-7-15(8-6-14)24-18(26)13-3-4-13/h2,5-10,13H,3-4,11H2,1H3,(H,24,26)(H,25,27). The van der Waals surface area contributed by atoms with Crippen LogP contribution in [0.2, 0.25) is 0 Å². The molecular weight excluding hydrogens is 373 g/mol. The Labute approximate surface area is 159 Å². The zero-order valence-electron chi connectivity index (χ0n) is 15.1. The molecule has 2 amide bonds. The molecule has 0 radical (unpaired) electrons. The first kappa shape index (κ1) is 19.7. The molecule has 0 saturated heterocycles. The number of carbonyl (C=O) groups is 2. The molecule has 148 valence electrons. The van der Waals surface area contributed by atoms with E-state index < -0.39 is 18.7 Å². The number of benzene rings is 2. The summed E-state index contributed by atoms with van der Waals surface area (Å²) in [5, 5.41) is 5.33. The second-order valence-corrected chi connectivity index (χ2v) is 6.70. The van der Waals surface area contributed by atoms with Crippen molar-refractivity contribution in [3.63, 3.8) is 0 Å². The Bertz CT molecular complexity index is 875. The fourth-order valence-electron chi connectivity index (χ4n) is 2.50. The van der Waals surface area contributed by atoms with Crippen LogP contribution < -0.4 is 15.4 Å². The van der Waals surface area contributed by atoms with E-state index in [2.05, 4.69) is 10.6 Å². The third-order valence-electron chi connectivity index (χ3n) is 4.14. The summed E-state index contributed by atoms with van der Waals surface area (Å²) >= 11 is 0. The highest BCUT2D eigenvalue weighted by Gasteiger charge is 2.30. The van der Waals surface area contributed by atoms with Gasteiger partial charge in [0.05, 0.1) is 5.69 Å². The quantitative estimate of drug-likeness (QED) is 0.759. The van der Waals surface area contributed by atoms with Crippen LogP contribution in [0.5, 0.6) is 5.75 Å². The van der Waals surface area contributed by atoms with Crippen molar-refractivity contribution in [2.45, 2.75) is 25.9 Å². The van der Waals surface area contributed by atoms with Crippen molar-refractivity contribution >= 4 is 23.2 Å². The molecule has 0 spiro atoms. The smallest absolute Gasteiger partial charge is 0.422 e. The molecule has 2 aromatic rings. The molecule has 8 heteroatoms. The summed E-state index contributed by atoms with van der Waals surface area (Å²) in [7, 11) is 0. The third-order valence-corrected chi connectivity index (χ3v) is 4.14. The van der Waals surface area contributed by atoms with Crippen molar-refractivity contribution in [2.75, 3.05) is 17.2 Å². The van der Waals surface area contributed by atoms with Crippen molar-refractivity contribution in [1.82, 2.24) is 0 Å². The van der Waals surface area contributed by atoms with Crippen molar-refractivity contribution in [1.29, 1.82) is 0 Å². The molecule has 0 atom stereocenters. The van der Waals surface area contributed by atoms with Crippen molar-refractivity contribution < 1.29 is 27.5 Å². The molecule has 3 rings (SSSR count). The van der Waals surface area contributed by atoms with E-state index in [-0.39, 0.29) is 23.3 Å². The first-order valence-electron chi connectivity index (χ1n) is 8.74. The molecule has 5 nitrogen and oxygen atoms in total. The van der Waals surface area contributed by atoms with E-state index in [0.717, 1.165) is 12.8 Å². The summed E-state index contributed by atoms with van der Waals surface area (Å²) in [4.78, 5) is 24.2. The number of rotatable bonds is 6. The lowest BCUT2D eigenvalue weighted by molar-refractivity contribution is -0.153. The summed E-state index contributed by atoms with van der Waals surface area (Å²) in [5.74, 6) is -0.525. The van der Waals surface area contributed by atoms with Crippen LogP contribution in [0.25, 0.3) is 0 Å². The zero-order chi connectivity index (χ0) is 20.3. The Kier molecular flexibility index (Phi) is 5.58. The number of aryl methyl sites for hydroxylation is 1. The number of amides is 2. The first-order chi connectivity index (χ1) is 13.2. The Hall–Kier alpha value is -3.03. The summed E-state index contributed by atoms with van der Waals surface area (Å²) in [5.41, 5.74) is 1.72. The number of hydrogen-bond donors (Lipinski definition) is 2. The van der Waals surface area contributed by atoms with Gasteiger partial charge in [-0.25, -0.2) is 0 Å². The molecule has 1 saturated carbocycles. The summed E-state index contributed by atoms with van der Waals surface area (Å²) in [6.07, 6.45) is -2.70. The van der Waals surface area contributed by atoms with E-state index in [1.807, 2.05) is 0 Å². The van der Waals surface area contributed by atoms with Crippen LogP contribution in [0.4, 0.5) is 24.5 Å². The average molecular weight is 392 g/mol. The maximum atomic E-state index is 12.4. The maximum Gasteiger partial charge on any atom is 0.422 e. The minimum Gasteiger partial charge on any atom is -0.482 e. The molecule has 0 aromatic heterocycles. The van der Waals surface area contributed by atoms with E-state index in [9.17, 15) is 22.8 Å². The molecule has 1 fully saturated rings. The first-order valence-corrected chi connectivity index (χ1v) is 8.74. The molecule has 1 aliphatic rings. The van der Waals surface area contributed by atoms with Crippen LogP contribution >= 0.6 is 0 Å². The van der Waals surface area contributed by atoms with Crippen molar-refractivity contribution in [3.8, 4) is 5.75 Å². The molecule has 2 aromatic carbocycles. The van der Waals surface area contributed by atoms with E-state index in [0.29, 0.717) is 16.8 Å². The van der Waals surface area contributed by atoms with Gasteiger partial charge in [-0.2, -0.15) is 13.2 Å². The number of ether oxygens (including phenoxy) is 1. The molecule has 0 heterocycles. The largest absolute Gasteiger partial charge is 0.482 e. The van der Waals surface area contributed by atoms with Gasteiger partial charge in [-0.1, -0.05) is 6.07 Å². The molecule has 0 unspecified atom stereocenters. The zero-order valence-corrected chi connectivity index (χ0v) is 15.1. The van der Waals surface area contributed by atoms with Gasteiger partial charge in [-0.3, -0.25) is 9.59 Å². The number of nitrogens with one attached hydrogen (secondary N) is 2. The SMILES string of the molecule is Cc1ccc(NC(=O)c2ccc(NC(=O)C3CC3)cc2)c(OCC(F)(F)F)c1. The van der Waals surface area contributed by atoms with E-state index >= 15 is 0 Å². The van der Waals surface area contributed by atoms with Gasteiger partial charge in [0.2, 0.25) is 5.91 Å². The van der Waals surface area contributed by atoms with Crippen LogP contribution in [0.15, 0.2) is 42.5 Å². The van der Waals surface area contributed by atoms with Crippen LogP contribution in [0.3, 0.4) is 0 Å². The van der Waals surface area contributed by atoms with Crippen LogP contribution in [-0.4, -0.2) is 24.6 Å². The second kappa shape index (κ2) is 7.92. The predicted octanol–water partition coefficient (Wildman–Crippen LogP) is 4.54. The van der Waals surface area contributed by atoms with Gasteiger partial charge in [0.15, 0.2) is 6.61 Å². The van der Waals surface area contributed by atoms with E-state index in [1.54, 1.807) is 25.1 Å². The topological polar surface area (TPSA) is 67.4 Å². The van der Waals surface area contributed by atoms with Gasteiger partial charge in [0.1, 0.15) is 5.75 Å². The fraction of sp³-hybridized carbons (Fsp3) is 0.300. The van der Waals surface area contributed by atoms with Crippen molar-refractivity contribution in [2.24, 2.45) is 5.92 Å². The van der Waals surface area contributed by atoms with Crippen molar-refractivity contribution in [3.05, 3.63) is 53.6 Å². The Morgan fingerprint density at radius 2 is 1.75 bits per heavy atom. The minimum absolute atomic E-state index is 0.0386. The number of halogens is 3. The van der Waals surface area contributed by atoms with Crippen LogP contribution in [-0.2, 0) is 4.79 Å². The minimum atomic E-state index is -4.48. The summed E-state index contributed by atoms with van der Waals surface area (Å²) < 4.78 is 42.1. The summed E-state index contributed by atoms with van der Waals surface area (Å²) in [6.45, 7) is 0.259. The molecule has 0 bridgehead atoms. The van der Waals surface area contributed by atoms with Gasteiger partial charge < -0.3 is 15.4 Å².